The average Bonchev–Trinajstić information content (AvgIpc) is 2.92. The molecule has 6 nitrogen and oxygen atoms in total. The number of sulfone groups is 1. The van der Waals surface area contributed by atoms with Crippen molar-refractivity contribution in [1.29, 1.82) is 0 Å². The number of methoxy groups -OCH3 is 1. The number of aryl methyl sites for hydroxylation is 1. The van der Waals surface area contributed by atoms with Gasteiger partial charge in [-0.1, -0.05) is 57.0 Å². The van der Waals surface area contributed by atoms with E-state index in [2.05, 4.69) is 19.2 Å². The Morgan fingerprint density at radius 2 is 1.88 bits per heavy atom. The van der Waals surface area contributed by atoms with Crippen LogP contribution in [0.15, 0.2) is 47.4 Å². The maximum absolute atomic E-state index is 13.8. The predicted molar refractivity (Wildman–Crippen MR) is 137 cm³/mol. The standard InChI is InChI=1S/C26H37NO5S2/c1-5-7-15-26(6-2)19-34(29,30)24-17-21(14-11-16-32-33(4)28)23(31-3)18-22(24)25(27-26)20-12-9-8-10-13-20/h8-10,12-13,17-18,25,27H,5-7,11,14-16,19H2,1-4H3/t25-,26-,33?/m1/s1. The summed E-state index contributed by atoms with van der Waals surface area (Å²) in [5, 5.41) is 3.79. The lowest BCUT2D eigenvalue weighted by atomic mass is 9.87. The van der Waals surface area contributed by atoms with Crippen LogP contribution in [0.5, 0.6) is 5.75 Å². The first-order valence-corrected chi connectivity index (χ1v) is 15.1. The fraction of sp³-hybridized carbons (Fsp3) is 0.538. The summed E-state index contributed by atoms with van der Waals surface area (Å²) >= 11 is -1.32. The molecule has 0 saturated carbocycles. The maximum atomic E-state index is 13.8. The lowest BCUT2D eigenvalue weighted by Gasteiger charge is -2.36. The van der Waals surface area contributed by atoms with E-state index in [-0.39, 0.29) is 11.8 Å². The van der Waals surface area contributed by atoms with Gasteiger partial charge in [-0.2, -0.15) is 0 Å². The van der Waals surface area contributed by atoms with Crippen molar-refractivity contribution in [2.24, 2.45) is 0 Å². The number of hydrogen-bond acceptors (Lipinski definition) is 6. The van der Waals surface area contributed by atoms with Gasteiger partial charge in [0.15, 0.2) is 20.9 Å². The van der Waals surface area contributed by atoms with Gasteiger partial charge in [-0.15, -0.1) is 0 Å². The molecule has 3 rings (SSSR count). The topological polar surface area (TPSA) is 81.7 Å². The van der Waals surface area contributed by atoms with Gasteiger partial charge in [0.05, 0.1) is 30.4 Å². The van der Waals surface area contributed by atoms with Gasteiger partial charge in [0.25, 0.3) is 0 Å². The van der Waals surface area contributed by atoms with Crippen LogP contribution < -0.4 is 10.1 Å². The molecule has 0 fully saturated rings. The molecule has 0 amide bonds. The quantitative estimate of drug-likeness (QED) is 0.442. The second kappa shape index (κ2) is 11.8. The third kappa shape index (κ3) is 6.27. The van der Waals surface area contributed by atoms with Gasteiger partial charge in [0.1, 0.15) is 5.75 Å². The summed E-state index contributed by atoms with van der Waals surface area (Å²) in [4.78, 5) is 0.372. The molecule has 2 aromatic rings. The Bertz CT molecular complexity index is 1090. The molecule has 1 aliphatic heterocycles. The van der Waals surface area contributed by atoms with Gasteiger partial charge >= 0.3 is 0 Å². The summed E-state index contributed by atoms with van der Waals surface area (Å²) in [5.41, 5.74) is 2.06. The number of benzene rings is 2. The zero-order chi connectivity index (χ0) is 24.8. The molecule has 0 aliphatic carbocycles. The predicted octanol–water partition coefficient (Wildman–Crippen LogP) is 4.74. The Hall–Kier alpha value is -1.74. The molecule has 1 aliphatic rings. The van der Waals surface area contributed by atoms with E-state index in [1.165, 1.54) is 6.26 Å². The van der Waals surface area contributed by atoms with Crippen LogP contribution >= 0.6 is 0 Å². The van der Waals surface area contributed by atoms with E-state index in [0.717, 1.165) is 42.4 Å². The van der Waals surface area contributed by atoms with Crippen molar-refractivity contribution in [3.8, 4) is 5.75 Å². The van der Waals surface area contributed by atoms with Gasteiger partial charge in [-0.25, -0.2) is 12.6 Å². The van der Waals surface area contributed by atoms with E-state index in [1.807, 2.05) is 36.4 Å². The summed E-state index contributed by atoms with van der Waals surface area (Å²) in [6.07, 6.45) is 6.17. The van der Waals surface area contributed by atoms with E-state index < -0.39 is 26.5 Å². The summed E-state index contributed by atoms with van der Waals surface area (Å²) in [7, 11) is -1.95. The average molecular weight is 508 g/mol. The van der Waals surface area contributed by atoms with Crippen LogP contribution in [0.2, 0.25) is 0 Å². The fourth-order valence-corrected chi connectivity index (χ4v) is 7.28. The Morgan fingerprint density at radius 3 is 2.50 bits per heavy atom. The van der Waals surface area contributed by atoms with Crippen molar-refractivity contribution in [2.45, 2.75) is 68.8 Å². The minimum absolute atomic E-state index is 0.0660. The third-order valence-electron chi connectivity index (χ3n) is 6.63. The molecular formula is C26H37NO5S2. The molecule has 0 aromatic heterocycles. The molecule has 0 radical (unpaired) electrons. The van der Waals surface area contributed by atoms with Gasteiger partial charge in [0.2, 0.25) is 0 Å². The smallest absolute Gasteiger partial charge is 0.180 e. The Balaban J connectivity index is 2.13. The van der Waals surface area contributed by atoms with Crippen molar-refractivity contribution >= 4 is 20.9 Å². The molecule has 0 saturated heterocycles. The number of unbranched alkanes of at least 4 members (excludes halogenated alkanes) is 1. The first-order valence-electron chi connectivity index (χ1n) is 12.0. The van der Waals surface area contributed by atoms with Crippen LogP contribution in [0.1, 0.15) is 68.7 Å². The number of rotatable bonds is 11. The van der Waals surface area contributed by atoms with Gasteiger partial charge in [0, 0.05) is 11.8 Å². The van der Waals surface area contributed by atoms with Crippen molar-refractivity contribution < 1.29 is 21.5 Å². The highest BCUT2D eigenvalue weighted by atomic mass is 32.2. The molecular weight excluding hydrogens is 470 g/mol. The van der Waals surface area contributed by atoms with Crippen LogP contribution in [0.4, 0.5) is 0 Å². The monoisotopic (exact) mass is 507 g/mol. The van der Waals surface area contributed by atoms with Crippen LogP contribution in [-0.2, 0) is 31.5 Å². The van der Waals surface area contributed by atoms with Crippen LogP contribution in [0, 0.1) is 0 Å². The molecule has 188 valence electrons. The molecule has 2 aromatic carbocycles. The number of nitrogens with one attached hydrogen (secondary N) is 1. The largest absolute Gasteiger partial charge is 0.496 e. The van der Waals surface area contributed by atoms with Gasteiger partial charge in [-0.05, 0) is 54.5 Å². The highest BCUT2D eigenvalue weighted by molar-refractivity contribution is 7.91. The van der Waals surface area contributed by atoms with Crippen molar-refractivity contribution in [1.82, 2.24) is 5.32 Å². The number of hydrogen-bond donors (Lipinski definition) is 1. The molecule has 1 unspecified atom stereocenters. The van der Waals surface area contributed by atoms with Gasteiger partial charge < -0.3 is 4.74 Å². The summed E-state index contributed by atoms with van der Waals surface area (Å²) in [5.74, 6) is 0.725. The van der Waals surface area contributed by atoms with Crippen LogP contribution in [0.25, 0.3) is 0 Å². The number of fused-ring (bicyclic) bond motifs is 1. The first kappa shape index (κ1) is 26.9. The second-order valence-electron chi connectivity index (χ2n) is 9.01. The molecule has 3 atom stereocenters. The second-order valence-corrected chi connectivity index (χ2v) is 12.0. The van der Waals surface area contributed by atoms with Crippen molar-refractivity contribution in [3.05, 3.63) is 59.2 Å². The van der Waals surface area contributed by atoms with E-state index >= 15 is 0 Å². The normalized spacial score (nSPS) is 22.5. The third-order valence-corrected chi connectivity index (χ3v) is 9.09. The Labute approximate surface area is 207 Å². The minimum atomic E-state index is -3.56. The molecule has 0 spiro atoms. The van der Waals surface area contributed by atoms with Crippen molar-refractivity contribution in [2.75, 3.05) is 25.7 Å². The molecule has 1 N–H and O–H groups in total. The first-order chi connectivity index (χ1) is 16.2. The molecule has 34 heavy (non-hydrogen) atoms. The minimum Gasteiger partial charge on any atom is -0.496 e. The van der Waals surface area contributed by atoms with Crippen molar-refractivity contribution in [3.63, 3.8) is 0 Å². The van der Waals surface area contributed by atoms with Crippen LogP contribution in [-0.4, -0.2) is 43.9 Å². The number of ether oxygens (including phenoxy) is 1. The molecule has 1 heterocycles. The fourth-order valence-electron chi connectivity index (χ4n) is 4.75. The zero-order valence-corrected chi connectivity index (χ0v) is 22.3. The lowest BCUT2D eigenvalue weighted by molar-refractivity contribution is 0.294. The summed E-state index contributed by atoms with van der Waals surface area (Å²) < 4.78 is 49.7. The van der Waals surface area contributed by atoms with E-state index in [4.69, 9.17) is 8.92 Å². The molecule has 8 heteroatoms. The van der Waals surface area contributed by atoms with Gasteiger partial charge in [-0.3, -0.25) is 9.50 Å². The van der Waals surface area contributed by atoms with E-state index in [0.29, 0.717) is 30.1 Å². The molecule has 0 bridgehead atoms. The van der Waals surface area contributed by atoms with Crippen LogP contribution in [0.3, 0.4) is 0 Å². The highest BCUT2D eigenvalue weighted by Crippen LogP contribution is 2.41. The van der Waals surface area contributed by atoms with E-state index in [9.17, 15) is 12.6 Å². The summed E-state index contributed by atoms with van der Waals surface area (Å²) in [6.45, 7) is 4.53. The zero-order valence-electron chi connectivity index (χ0n) is 20.6. The van der Waals surface area contributed by atoms with E-state index in [1.54, 1.807) is 13.2 Å². The SMILES string of the molecule is CCCC[C@]1(CC)CS(=O)(=O)c2cc(CCCOS(C)=O)c(OC)cc2[C@@H](c2ccccc2)N1. The highest BCUT2D eigenvalue weighted by Gasteiger charge is 2.42. The Morgan fingerprint density at radius 1 is 1.15 bits per heavy atom. The maximum Gasteiger partial charge on any atom is 0.180 e. The summed E-state index contributed by atoms with van der Waals surface area (Å²) in [6, 6.07) is 13.4. The lowest BCUT2D eigenvalue weighted by Crippen LogP contribution is -2.50. The Kier molecular flexibility index (Phi) is 9.32.